The lowest BCUT2D eigenvalue weighted by Gasteiger charge is -2.43. The first-order chi connectivity index (χ1) is 8.70. The van der Waals surface area contributed by atoms with Crippen LogP contribution in [0.1, 0.15) is 53.9 Å². The summed E-state index contributed by atoms with van der Waals surface area (Å²) in [5.74, 6) is -0.252. The average Bonchev–Trinajstić information content (AvgIpc) is 2.27. The molecule has 0 aromatic heterocycles. The predicted octanol–water partition coefficient (Wildman–Crippen LogP) is 1.74. The molecule has 2 unspecified atom stereocenters. The van der Waals surface area contributed by atoms with E-state index in [1.165, 1.54) is 12.8 Å². The molecule has 1 rings (SSSR count). The molecule has 1 aliphatic rings. The second-order valence-electron chi connectivity index (χ2n) is 7.02. The van der Waals surface area contributed by atoms with Crippen molar-refractivity contribution in [3.05, 3.63) is 0 Å². The zero-order valence-corrected chi connectivity index (χ0v) is 13.3. The van der Waals surface area contributed by atoms with Crippen LogP contribution in [0.25, 0.3) is 0 Å². The fourth-order valence-electron chi connectivity index (χ4n) is 3.21. The van der Waals surface area contributed by atoms with Crippen LogP contribution in [0, 0.1) is 5.41 Å². The summed E-state index contributed by atoms with van der Waals surface area (Å²) in [7, 11) is 0. The van der Waals surface area contributed by atoms with Crippen LogP contribution in [-0.2, 0) is 4.79 Å². The summed E-state index contributed by atoms with van der Waals surface area (Å²) in [6, 6.07) is 0.371. The van der Waals surface area contributed by atoms with Gasteiger partial charge in [-0.1, -0.05) is 20.8 Å². The van der Waals surface area contributed by atoms with Crippen molar-refractivity contribution in [2.75, 3.05) is 19.6 Å². The van der Waals surface area contributed by atoms with Crippen LogP contribution in [0.5, 0.6) is 0 Å². The molecule has 1 fully saturated rings. The number of nitrogens with zero attached hydrogens (tertiary/aromatic N) is 1. The van der Waals surface area contributed by atoms with Gasteiger partial charge in [-0.25, -0.2) is 0 Å². The van der Waals surface area contributed by atoms with E-state index in [4.69, 9.17) is 5.73 Å². The molecule has 1 saturated heterocycles. The molecule has 0 saturated carbocycles. The van der Waals surface area contributed by atoms with Gasteiger partial charge in [-0.2, -0.15) is 0 Å². The summed E-state index contributed by atoms with van der Waals surface area (Å²) < 4.78 is 0. The first-order valence-electron chi connectivity index (χ1n) is 7.49. The number of amides is 1. The number of hydrogen-bond donors (Lipinski definition) is 2. The van der Waals surface area contributed by atoms with Crippen molar-refractivity contribution in [3.8, 4) is 0 Å². The van der Waals surface area contributed by atoms with Gasteiger partial charge in [0.1, 0.15) is 0 Å². The van der Waals surface area contributed by atoms with Crippen molar-refractivity contribution in [1.29, 1.82) is 0 Å². The normalized spacial score (nSPS) is 24.7. The zero-order chi connectivity index (χ0) is 14.7. The third-order valence-electron chi connectivity index (χ3n) is 4.37. The molecule has 0 aromatic rings. The number of carbonyl (C=O) groups excluding carboxylic acids is 1. The lowest BCUT2D eigenvalue weighted by Crippen LogP contribution is -2.57. The van der Waals surface area contributed by atoms with Gasteiger partial charge in [-0.05, 0) is 51.6 Å². The minimum Gasteiger partial charge on any atom is -0.368 e. The summed E-state index contributed by atoms with van der Waals surface area (Å²) in [5, 5.41) is 3.25. The van der Waals surface area contributed by atoms with Crippen molar-refractivity contribution in [2.45, 2.75) is 65.5 Å². The van der Waals surface area contributed by atoms with Crippen molar-refractivity contribution in [3.63, 3.8) is 0 Å². The standard InChI is InChI=1S/C15H31N3O/c1-6-17-15(5,13(16)19)10-12(2)18-9-7-8-14(3,4)11-18/h12,17H,6-11H2,1-5H3,(H2,16,19). The highest BCUT2D eigenvalue weighted by Gasteiger charge is 2.36. The topological polar surface area (TPSA) is 58.4 Å². The molecule has 19 heavy (non-hydrogen) atoms. The van der Waals surface area contributed by atoms with E-state index >= 15 is 0 Å². The fraction of sp³-hybridized carbons (Fsp3) is 0.933. The Morgan fingerprint density at radius 3 is 2.63 bits per heavy atom. The highest BCUT2D eigenvalue weighted by molar-refractivity contribution is 5.84. The molecule has 0 aromatic carbocycles. The third kappa shape index (κ3) is 4.46. The molecule has 0 radical (unpaired) electrons. The van der Waals surface area contributed by atoms with E-state index in [0.29, 0.717) is 11.5 Å². The molecule has 4 nitrogen and oxygen atoms in total. The van der Waals surface area contributed by atoms with Crippen molar-refractivity contribution in [2.24, 2.45) is 11.1 Å². The number of primary amides is 1. The molecular weight excluding hydrogens is 238 g/mol. The van der Waals surface area contributed by atoms with Gasteiger partial charge in [0.25, 0.3) is 0 Å². The number of piperidine rings is 1. The van der Waals surface area contributed by atoms with Gasteiger partial charge in [-0.15, -0.1) is 0 Å². The summed E-state index contributed by atoms with van der Waals surface area (Å²) in [5.41, 5.74) is 5.35. The quantitative estimate of drug-likeness (QED) is 0.772. The number of nitrogens with two attached hydrogens (primary N) is 1. The maximum absolute atomic E-state index is 11.7. The summed E-state index contributed by atoms with van der Waals surface area (Å²) in [6.45, 7) is 13.8. The minimum atomic E-state index is -0.601. The van der Waals surface area contributed by atoms with E-state index < -0.39 is 5.54 Å². The van der Waals surface area contributed by atoms with Gasteiger partial charge in [0, 0.05) is 12.6 Å². The number of nitrogens with one attached hydrogen (secondary N) is 1. The van der Waals surface area contributed by atoms with Crippen LogP contribution in [-0.4, -0.2) is 42.0 Å². The molecule has 0 bridgehead atoms. The Morgan fingerprint density at radius 2 is 2.16 bits per heavy atom. The van der Waals surface area contributed by atoms with E-state index in [1.807, 2.05) is 13.8 Å². The third-order valence-corrected chi connectivity index (χ3v) is 4.37. The minimum absolute atomic E-state index is 0.252. The fourth-order valence-corrected chi connectivity index (χ4v) is 3.21. The molecule has 0 aliphatic carbocycles. The smallest absolute Gasteiger partial charge is 0.237 e. The molecule has 1 aliphatic heterocycles. The van der Waals surface area contributed by atoms with Gasteiger partial charge in [0.15, 0.2) is 0 Å². The molecule has 2 atom stereocenters. The maximum atomic E-state index is 11.7. The van der Waals surface area contributed by atoms with Crippen LogP contribution >= 0.6 is 0 Å². The Hall–Kier alpha value is -0.610. The maximum Gasteiger partial charge on any atom is 0.237 e. The Kier molecular flexibility index (Phi) is 5.39. The molecular formula is C15H31N3O. The van der Waals surface area contributed by atoms with Crippen molar-refractivity contribution >= 4 is 5.91 Å². The number of likely N-dealkylation sites (N-methyl/N-ethyl adjacent to an activating group) is 1. The Labute approximate surface area is 118 Å². The van der Waals surface area contributed by atoms with Crippen molar-refractivity contribution < 1.29 is 4.79 Å². The SMILES string of the molecule is CCNC(C)(CC(C)N1CCCC(C)(C)C1)C(N)=O. The lowest BCUT2D eigenvalue weighted by atomic mass is 9.82. The second kappa shape index (κ2) is 6.23. The molecule has 1 amide bonds. The van der Waals surface area contributed by atoms with Gasteiger partial charge >= 0.3 is 0 Å². The van der Waals surface area contributed by atoms with Gasteiger partial charge < -0.3 is 16.0 Å². The van der Waals surface area contributed by atoms with Crippen molar-refractivity contribution in [1.82, 2.24) is 10.2 Å². The molecule has 0 spiro atoms. The number of likely N-dealkylation sites (tertiary alicyclic amines) is 1. The average molecular weight is 269 g/mol. The first-order valence-corrected chi connectivity index (χ1v) is 7.49. The van der Waals surface area contributed by atoms with E-state index in [1.54, 1.807) is 0 Å². The molecule has 3 N–H and O–H groups in total. The Bertz CT molecular complexity index is 317. The number of carbonyl (C=O) groups is 1. The molecule has 4 heteroatoms. The molecule has 112 valence electrons. The highest BCUT2D eigenvalue weighted by Crippen LogP contribution is 2.30. The Morgan fingerprint density at radius 1 is 1.53 bits per heavy atom. The van der Waals surface area contributed by atoms with Crippen LogP contribution in [0.3, 0.4) is 0 Å². The second-order valence-corrected chi connectivity index (χ2v) is 7.02. The lowest BCUT2D eigenvalue weighted by molar-refractivity contribution is -0.124. The van der Waals surface area contributed by atoms with Crippen LogP contribution in [0.4, 0.5) is 0 Å². The van der Waals surface area contributed by atoms with Gasteiger partial charge in [0.2, 0.25) is 5.91 Å². The monoisotopic (exact) mass is 269 g/mol. The highest BCUT2D eigenvalue weighted by atomic mass is 16.1. The largest absolute Gasteiger partial charge is 0.368 e. The molecule has 1 heterocycles. The van der Waals surface area contributed by atoms with Crippen LogP contribution in [0.15, 0.2) is 0 Å². The zero-order valence-electron chi connectivity index (χ0n) is 13.3. The van der Waals surface area contributed by atoms with Crippen LogP contribution in [0.2, 0.25) is 0 Å². The number of rotatable bonds is 6. The first kappa shape index (κ1) is 16.4. The van der Waals surface area contributed by atoms with E-state index in [-0.39, 0.29) is 5.91 Å². The Balaban J connectivity index is 2.66. The van der Waals surface area contributed by atoms with E-state index in [9.17, 15) is 4.79 Å². The van der Waals surface area contributed by atoms with Gasteiger partial charge in [-0.3, -0.25) is 4.79 Å². The number of hydrogen-bond acceptors (Lipinski definition) is 3. The van der Waals surface area contributed by atoms with Crippen LogP contribution < -0.4 is 11.1 Å². The van der Waals surface area contributed by atoms with Gasteiger partial charge in [0.05, 0.1) is 5.54 Å². The van der Waals surface area contributed by atoms with E-state index in [2.05, 4.69) is 31.0 Å². The van der Waals surface area contributed by atoms with E-state index in [0.717, 1.165) is 26.1 Å². The summed E-state index contributed by atoms with van der Waals surface area (Å²) in [4.78, 5) is 14.2. The predicted molar refractivity (Wildman–Crippen MR) is 79.9 cm³/mol. The summed E-state index contributed by atoms with van der Waals surface area (Å²) >= 11 is 0. The summed E-state index contributed by atoms with van der Waals surface area (Å²) in [6.07, 6.45) is 3.30.